The normalized spacial score (nSPS) is 14.4. The Morgan fingerprint density at radius 2 is 1.84 bits per heavy atom. The minimum absolute atomic E-state index is 0.0105. The van der Waals surface area contributed by atoms with Gasteiger partial charge in [-0.05, 0) is 36.5 Å². The Morgan fingerprint density at radius 1 is 1.14 bits per heavy atom. The summed E-state index contributed by atoms with van der Waals surface area (Å²) in [6.45, 7) is 13.1. The zero-order chi connectivity index (χ0) is 26.7. The second-order valence-electron chi connectivity index (χ2n) is 10.3. The number of Topliss-reactive ketones (excluding diaryl/α,β-unsaturated/α-hetero) is 1. The van der Waals surface area contributed by atoms with Crippen LogP contribution in [0.4, 0.5) is 5.69 Å². The van der Waals surface area contributed by atoms with Crippen molar-refractivity contribution in [2.45, 2.75) is 65.5 Å². The third-order valence-corrected chi connectivity index (χ3v) is 6.71. The summed E-state index contributed by atoms with van der Waals surface area (Å²) in [5, 5.41) is 17.5. The lowest BCUT2D eigenvalue weighted by Gasteiger charge is -2.33. The molecule has 10 heteroatoms. The topological polar surface area (TPSA) is 107 Å². The SMILES string of the molecule is CCC(CC)Oc1ccc2nn(CC(=O)c3cc(N4CCOCC4)c(OC)c(C(C)(C)C)c3)c(=N)n2n1. The molecule has 3 heterocycles. The molecule has 0 unspecified atom stereocenters. The van der Waals surface area contributed by atoms with Crippen LogP contribution in [0.15, 0.2) is 24.3 Å². The van der Waals surface area contributed by atoms with E-state index in [0.29, 0.717) is 30.3 Å². The summed E-state index contributed by atoms with van der Waals surface area (Å²) in [6.07, 6.45) is 1.80. The van der Waals surface area contributed by atoms with Gasteiger partial charge in [0.1, 0.15) is 12.3 Å². The minimum atomic E-state index is -0.241. The molecule has 4 rings (SSSR count). The van der Waals surface area contributed by atoms with Crippen LogP contribution in [0.3, 0.4) is 0 Å². The number of carbonyl (C=O) groups excluding carboxylic acids is 1. The van der Waals surface area contributed by atoms with E-state index in [1.165, 1.54) is 9.20 Å². The maximum Gasteiger partial charge on any atom is 0.242 e. The van der Waals surface area contributed by atoms with Crippen molar-refractivity contribution in [3.05, 3.63) is 41.0 Å². The lowest BCUT2D eigenvalue weighted by atomic mass is 9.84. The van der Waals surface area contributed by atoms with E-state index in [2.05, 4.69) is 49.7 Å². The van der Waals surface area contributed by atoms with Crippen molar-refractivity contribution in [3.63, 3.8) is 0 Å². The predicted molar refractivity (Wildman–Crippen MR) is 141 cm³/mol. The first-order valence-corrected chi connectivity index (χ1v) is 12.9. The molecule has 1 aliphatic rings. The number of carbonyl (C=O) groups is 1. The fourth-order valence-corrected chi connectivity index (χ4v) is 4.52. The number of nitrogens with zero attached hydrogens (tertiary/aromatic N) is 5. The number of ketones is 1. The van der Waals surface area contributed by atoms with Gasteiger partial charge in [-0.3, -0.25) is 10.2 Å². The lowest BCUT2D eigenvalue weighted by molar-refractivity contribution is 0.0965. The van der Waals surface area contributed by atoms with E-state index in [0.717, 1.165) is 42.9 Å². The van der Waals surface area contributed by atoms with E-state index in [4.69, 9.17) is 19.6 Å². The van der Waals surface area contributed by atoms with Crippen LogP contribution in [0, 0.1) is 5.41 Å². The monoisotopic (exact) mass is 510 g/mol. The van der Waals surface area contributed by atoms with Gasteiger partial charge in [0.05, 0.1) is 32.1 Å². The maximum atomic E-state index is 13.6. The molecule has 1 fully saturated rings. The molecule has 0 spiro atoms. The molecule has 1 saturated heterocycles. The van der Waals surface area contributed by atoms with Crippen molar-refractivity contribution in [1.82, 2.24) is 19.4 Å². The van der Waals surface area contributed by atoms with Gasteiger partial charge in [0.15, 0.2) is 11.4 Å². The smallest absolute Gasteiger partial charge is 0.242 e. The molecule has 1 N–H and O–H groups in total. The molecule has 1 aromatic carbocycles. The van der Waals surface area contributed by atoms with Gasteiger partial charge in [0, 0.05) is 30.3 Å². The Labute approximate surface area is 217 Å². The second-order valence-corrected chi connectivity index (χ2v) is 10.3. The molecular weight excluding hydrogens is 472 g/mol. The average Bonchev–Trinajstić information content (AvgIpc) is 3.20. The van der Waals surface area contributed by atoms with Crippen LogP contribution >= 0.6 is 0 Å². The number of ether oxygens (including phenoxy) is 3. The van der Waals surface area contributed by atoms with Gasteiger partial charge < -0.3 is 19.1 Å². The highest BCUT2D eigenvalue weighted by Crippen LogP contribution is 2.40. The van der Waals surface area contributed by atoms with Crippen molar-refractivity contribution in [2.75, 3.05) is 38.3 Å². The van der Waals surface area contributed by atoms with E-state index in [9.17, 15) is 4.79 Å². The highest BCUT2D eigenvalue weighted by molar-refractivity contribution is 5.97. The number of fused-ring (bicyclic) bond motifs is 1. The number of benzene rings is 1. The summed E-state index contributed by atoms with van der Waals surface area (Å²) < 4.78 is 20.1. The first-order valence-electron chi connectivity index (χ1n) is 12.9. The Morgan fingerprint density at radius 3 is 2.46 bits per heavy atom. The van der Waals surface area contributed by atoms with Gasteiger partial charge in [-0.1, -0.05) is 34.6 Å². The summed E-state index contributed by atoms with van der Waals surface area (Å²) in [5.41, 5.74) is 2.65. The molecule has 0 radical (unpaired) electrons. The Kier molecular flexibility index (Phi) is 7.87. The molecule has 0 amide bonds. The van der Waals surface area contributed by atoms with Gasteiger partial charge >= 0.3 is 0 Å². The summed E-state index contributed by atoms with van der Waals surface area (Å²) in [5.74, 6) is 1.07. The van der Waals surface area contributed by atoms with Crippen LogP contribution in [0.1, 0.15) is 63.4 Å². The number of methoxy groups -OCH3 is 1. The molecule has 3 aromatic rings. The maximum absolute atomic E-state index is 13.6. The van der Waals surface area contributed by atoms with Gasteiger partial charge in [-0.2, -0.15) is 4.52 Å². The molecule has 200 valence electrons. The van der Waals surface area contributed by atoms with Crippen molar-refractivity contribution in [2.24, 2.45) is 0 Å². The Bertz CT molecular complexity index is 1310. The van der Waals surface area contributed by atoms with Crippen molar-refractivity contribution in [1.29, 1.82) is 5.41 Å². The van der Waals surface area contributed by atoms with Crippen molar-refractivity contribution >= 4 is 17.1 Å². The molecule has 0 aliphatic carbocycles. The number of hydrogen-bond acceptors (Lipinski definition) is 8. The first-order chi connectivity index (χ1) is 17.7. The first kappa shape index (κ1) is 26.7. The summed E-state index contributed by atoms with van der Waals surface area (Å²) >= 11 is 0. The quantitative estimate of drug-likeness (QED) is 0.438. The fraction of sp³-hybridized carbons (Fsp3) is 0.556. The molecule has 37 heavy (non-hydrogen) atoms. The number of nitrogens with one attached hydrogen (secondary N) is 1. The number of morpholine rings is 1. The van der Waals surface area contributed by atoms with E-state index in [1.54, 1.807) is 19.2 Å². The van der Waals surface area contributed by atoms with Crippen LogP contribution < -0.4 is 20.0 Å². The highest BCUT2D eigenvalue weighted by Gasteiger charge is 2.27. The summed E-state index contributed by atoms with van der Waals surface area (Å²) in [7, 11) is 1.67. The van der Waals surface area contributed by atoms with Gasteiger partial charge in [-0.15, -0.1) is 10.2 Å². The minimum Gasteiger partial charge on any atom is -0.494 e. The largest absolute Gasteiger partial charge is 0.494 e. The number of rotatable bonds is 9. The van der Waals surface area contributed by atoms with Crippen molar-refractivity contribution < 1.29 is 19.0 Å². The molecule has 0 atom stereocenters. The Hall–Kier alpha value is -3.40. The third kappa shape index (κ3) is 5.64. The lowest BCUT2D eigenvalue weighted by Crippen LogP contribution is -2.37. The van der Waals surface area contributed by atoms with Crippen LogP contribution in [0.25, 0.3) is 5.65 Å². The zero-order valence-corrected chi connectivity index (χ0v) is 22.7. The zero-order valence-electron chi connectivity index (χ0n) is 22.7. The van der Waals surface area contributed by atoms with E-state index in [1.807, 2.05) is 12.1 Å². The van der Waals surface area contributed by atoms with Crippen LogP contribution in [-0.4, -0.2) is 64.7 Å². The number of aromatic nitrogens is 4. The molecule has 2 aromatic heterocycles. The average molecular weight is 511 g/mol. The van der Waals surface area contributed by atoms with Crippen molar-refractivity contribution in [3.8, 4) is 11.6 Å². The van der Waals surface area contributed by atoms with Gasteiger partial charge in [-0.25, -0.2) is 4.68 Å². The number of anilines is 1. The predicted octanol–water partition coefficient (Wildman–Crippen LogP) is 3.60. The molecular formula is C27H38N6O4. The Balaban J connectivity index is 1.68. The van der Waals surface area contributed by atoms with E-state index < -0.39 is 0 Å². The fourth-order valence-electron chi connectivity index (χ4n) is 4.52. The standard InChI is InChI=1S/C27H38N6O4/c1-7-19(8-2)37-24-10-9-23-29-32(26(28)33(23)30-24)17-22(34)18-15-20(27(3,4)5)25(35-6)21(16-18)31-11-13-36-14-12-31/h9-10,15-16,19,28H,7-8,11-14,17H2,1-6H3. The third-order valence-electron chi connectivity index (χ3n) is 6.71. The number of hydrogen-bond donors (Lipinski definition) is 1. The van der Waals surface area contributed by atoms with Crippen LogP contribution in [0.2, 0.25) is 0 Å². The highest BCUT2D eigenvalue weighted by atomic mass is 16.5. The molecule has 1 aliphatic heterocycles. The van der Waals surface area contributed by atoms with E-state index >= 15 is 0 Å². The summed E-state index contributed by atoms with van der Waals surface area (Å²) in [4.78, 5) is 15.8. The molecule has 10 nitrogen and oxygen atoms in total. The second kappa shape index (κ2) is 10.9. The van der Waals surface area contributed by atoms with Crippen LogP contribution in [0.5, 0.6) is 11.6 Å². The molecule has 0 saturated carbocycles. The van der Waals surface area contributed by atoms with Gasteiger partial charge in [0.25, 0.3) is 0 Å². The van der Waals surface area contributed by atoms with Crippen LogP contribution in [-0.2, 0) is 16.7 Å². The van der Waals surface area contributed by atoms with E-state index in [-0.39, 0.29) is 29.5 Å². The molecule has 0 bridgehead atoms. The summed E-state index contributed by atoms with van der Waals surface area (Å²) in [6, 6.07) is 7.30. The van der Waals surface area contributed by atoms with Gasteiger partial charge in [0.2, 0.25) is 11.5 Å².